The first-order valence-electron chi connectivity index (χ1n) is 17.6. The van der Waals surface area contributed by atoms with Gasteiger partial charge in [-0.2, -0.15) is 0 Å². The maximum atomic E-state index is 5.52. The average molecular weight is 669 g/mol. The van der Waals surface area contributed by atoms with E-state index in [1.807, 2.05) is 11.3 Å². The van der Waals surface area contributed by atoms with Crippen molar-refractivity contribution in [2.45, 2.75) is 19.3 Å². The van der Waals surface area contributed by atoms with Crippen LogP contribution in [0.25, 0.3) is 92.1 Å². The first kappa shape index (κ1) is 28.8. The van der Waals surface area contributed by atoms with E-state index in [9.17, 15) is 0 Å². The van der Waals surface area contributed by atoms with Crippen LogP contribution in [-0.4, -0.2) is 9.55 Å². The fraction of sp³-hybridized carbons (Fsp3) is 0.0625. The number of hydrogen-bond acceptors (Lipinski definition) is 2. The molecule has 7 aromatic carbocycles. The van der Waals surface area contributed by atoms with E-state index in [0.29, 0.717) is 0 Å². The second kappa shape index (κ2) is 10.5. The highest BCUT2D eigenvalue weighted by atomic mass is 32.1. The van der Waals surface area contributed by atoms with Crippen molar-refractivity contribution in [3.8, 4) is 39.2 Å². The van der Waals surface area contributed by atoms with Crippen molar-refractivity contribution in [2.24, 2.45) is 0 Å². The third kappa shape index (κ3) is 3.95. The molecule has 0 radical (unpaired) electrons. The molecule has 3 heterocycles. The van der Waals surface area contributed by atoms with Gasteiger partial charge in [-0.3, -0.25) is 0 Å². The van der Waals surface area contributed by atoms with E-state index >= 15 is 0 Å². The van der Waals surface area contributed by atoms with Crippen molar-refractivity contribution in [3.63, 3.8) is 0 Å². The molecule has 0 saturated carbocycles. The molecule has 0 spiro atoms. The Labute approximate surface area is 299 Å². The lowest BCUT2D eigenvalue weighted by Gasteiger charge is -2.22. The summed E-state index contributed by atoms with van der Waals surface area (Å²) in [5.41, 5.74) is 14.6. The van der Waals surface area contributed by atoms with Gasteiger partial charge in [-0.05, 0) is 57.5 Å². The van der Waals surface area contributed by atoms with E-state index in [4.69, 9.17) is 4.98 Å². The summed E-state index contributed by atoms with van der Waals surface area (Å²) in [5, 5.41) is 6.26. The zero-order chi connectivity index (χ0) is 33.8. The van der Waals surface area contributed by atoms with Crippen LogP contribution in [0, 0.1) is 0 Å². The van der Waals surface area contributed by atoms with Gasteiger partial charge in [-0.25, -0.2) is 4.98 Å². The van der Waals surface area contributed by atoms with Gasteiger partial charge in [0.1, 0.15) is 0 Å². The molecule has 0 N–H and O–H groups in total. The smallest absolute Gasteiger partial charge is 0.0899 e. The predicted molar refractivity (Wildman–Crippen MR) is 217 cm³/mol. The van der Waals surface area contributed by atoms with Gasteiger partial charge in [-0.1, -0.05) is 147 Å². The summed E-state index contributed by atoms with van der Waals surface area (Å²) in [5.74, 6) is 0. The highest BCUT2D eigenvalue weighted by Crippen LogP contribution is 2.56. The molecule has 0 saturated heterocycles. The Hall–Kier alpha value is -6.03. The number of pyridine rings is 1. The van der Waals surface area contributed by atoms with Gasteiger partial charge in [0.25, 0.3) is 0 Å². The quantitative estimate of drug-likeness (QED) is 0.183. The van der Waals surface area contributed by atoms with Gasteiger partial charge in [0, 0.05) is 42.8 Å². The van der Waals surface area contributed by atoms with Crippen LogP contribution < -0.4 is 0 Å². The molecular weight excluding hydrogens is 637 g/mol. The summed E-state index contributed by atoms with van der Waals surface area (Å²) in [6, 6.07) is 57.7. The Balaban J connectivity index is 1.10. The largest absolute Gasteiger partial charge is 0.309 e. The summed E-state index contributed by atoms with van der Waals surface area (Å²) < 4.78 is 5.02. The van der Waals surface area contributed by atoms with Crippen LogP contribution >= 0.6 is 11.3 Å². The standard InChI is InChI=1S/C48H32N2S/c1-48(2)38-19-9-5-17-36(38)43-44(48)47-46(37-18-8-12-22-42(37)51-47)49-45(43)30-25-23-29(24-26-30)31-27-28-41(33-14-4-3-13-32(31)33)50-39-20-10-6-15-34(39)35-16-7-11-21-40(35)50/h3-28H,1-2H3. The molecule has 0 unspecified atom stereocenters. The van der Waals surface area contributed by atoms with Crippen molar-refractivity contribution in [3.05, 3.63) is 169 Å². The lowest BCUT2D eigenvalue weighted by Crippen LogP contribution is -2.15. The molecule has 3 aromatic heterocycles. The lowest BCUT2D eigenvalue weighted by molar-refractivity contribution is 0.667. The van der Waals surface area contributed by atoms with E-state index < -0.39 is 0 Å². The Morgan fingerprint density at radius 3 is 1.84 bits per heavy atom. The van der Waals surface area contributed by atoms with Crippen molar-refractivity contribution in [1.82, 2.24) is 9.55 Å². The van der Waals surface area contributed by atoms with E-state index in [1.54, 1.807) is 0 Å². The fourth-order valence-electron chi connectivity index (χ4n) is 8.88. The predicted octanol–water partition coefficient (Wildman–Crippen LogP) is 13.3. The van der Waals surface area contributed by atoms with Gasteiger partial charge in [-0.15, -0.1) is 11.3 Å². The maximum absolute atomic E-state index is 5.52. The maximum Gasteiger partial charge on any atom is 0.0899 e. The minimum Gasteiger partial charge on any atom is -0.309 e. The van der Waals surface area contributed by atoms with Crippen molar-refractivity contribution < 1.29 is 0 Å². The van der Waals surface area contributed by atoms with E-state index in [1.165, 1.54) is 86.4 Å². The molecule has 2 nitrogen and oxygen atoms in total. The number of rotatable bonds is 3. The molecule has 0 fully saturated rings. The third-order valence-electron chi connectivity index (χ3n) is 11.2. The summed E-state index contributed by atoms with van der Waals surface area (Å²) in [7, 11) is 0. The van der Waals surface area contributed by atoms with Gasteiger partial charge in [0.05, 0.1) is 32.6 Å². The van der Waals surface area contributed by atoms with Gasteiger partial charge in [0.2, 0.25) is 0 Å². The topological polar surface area (TPSA) is 17.8 Å². The highest BCUT2D eigenvalue weighted by molar-refractivity contribution is 7.26. The van der Waals surface area contributed by atoms with Crippen LogP contribution in [0.5, 0.6) is 0 Å². The first-order chi connectivity index (χ1) is 25.1. The second-order valence-electron chi connectivity index (χ2n) is 14.3. The zero-order valence-corrected chi connectivity index (χ0v) is 29.1. The van der Waals surface area contributed by atoms with Gasteiger partial charge < -0.3 is 4.57 Å². The van der Waals surface area contributed by atoms with Gasteiger partial charge >= 0.3 is 0 Å². The molecular formula is C48H32N2S. The Morgan fingerprint density at radius 1 is 0.510 bits per heavy atom. The monoisotopic (exact) mass is 668 g/mol. The SMILES string of the molecule is CC1(C)c2ccccc2-c2c(-c3ccc(-c4ccc(-n5c6ccccc6c6ccccc65)c5ccccc45)cc3)nc3c(sc4ccccc43)c21. The zero-order valence-electron chi connectivity index (χ0n) is 28.3. The number of hydrogen-bond donors (Lipinski definition) is 0. The van der Waals surface area contributed by atoms with E-state index in [-0.39, 0.29) is 5.41 Å². The number of benzene rings is 7. The minimum atomic E-state index is -0.125. The van der Waals surface area contributed by atoms with Crippen LogP contribution in [0.15, 0.2) is 158 Å². The van der Waals surface area contributed by atoms with E-state index in [2.05, 4.69) is 176 Å². The van der Waals surface area contributed by atoms with Gasteiger partial charge in [0.15, 0.2) is 0 Å². The van der Waals surface area contributed by atoms with Crippen molar-refractivity contribution >= 4 is 64.2 Å². The Bertz CT molecular complexity index is 3000. The van der Waals surface area contributed by atoms with Crippen molar-refractivity contribution in [2.75, 3.05) is 0 Å². The van der Waals surface area contributed by atoms with E-state index in [0.717, 1.165) is 16.8 Å². The molecule has 0 aliphatic heterocycles. The molecule has 1 aliphatic carbocycles. The van der Waals surface area contributed by atoms with Crippen LogP contribution in [0.3, 0.4) is 0 Å². The van der Waals surface area contributed by atoms with Crippen LogP contribution in [0.2, 0.25) is 0 Å². The molecule has 240 valence electrons. The number of thiophene rings is 1. The normalized spacial score (nSPS) is 13.5. The number of aromatic nitrogens is 2. The molecule has 11 rings (SSSR count). The minimum absolute atomic E-state index is 0.125. The Morgan fingerprint density at radius 2 is 1.10 bits per heavy atom. The summed E-state index contributed by atoms with van der Waals surface area (Å²) in [6.45, 7) is 4.75. The molecule has 3 heteroatoms. The van der Waals surface area contributed by atoms with Crippen LogP contribution in [-0.2, 0) is 5.41 Å². The number of fused-ring (bicyclic) bond motifs is 11. The Kier molecular flexibility index (Phi) is 5.92. The highest BCUT2D eigenvalue weighted by Gasteiger charge is 2.40. The third-order valence-corrected chi connectivity index (χ3v) is 12.4. The molecule has 1 aliphatic rings. The summed E-state index contributed by atoms with van der Waals surface area (Å²) >= 11 is 1.88. The molecule has 0 amide bonds. The van der Waals surface area contributed by atoms with Crippen LogP contribution in [0.4, 0.5) is 0 Å². The first-order valence-corrected chi connectivity index (χ1v) is 18.5. The van der Waals surface area contributed by atoms with Crippen molar-refractivity contribution in [1.29, 1.82) is 0 Å². The summed E-state index contributed by atoms with van der Waals surface area (Å²) in [6.07, 6.45) is 0. The second-order valence-corrected chi connectivity index (χ2v) is 15.3. The van der Waals surface area contributed by atoms with Crippen LogP contribution in [0.1, 0.15) is 25.0 Å². The fourth-order valence-corrected chi connectivity index (χ4v) is 10.2. The molecule has 0 bridgehead atoms. The number of para-hydroxylation sites is 2. The summed E-state index contributed by atoms with van der Waals surface area (Å²) in [4.78, 5) is 5.52. The molecule has 51 heavy (non-hydrogen) atoms. The average Bonchev–Trinajstić information content (AvgIpc) is 3.80. The lowest BCUT2D eigenvalue weighted by atomic mass is 9.82. The number of nitrogens with zero attached hydrogens (tertiary/aromatic N) is 2. The molecule has 10 aromatic rings. The molecule has 0 atom stereocenters.